The van der Waals surface area contributed by atoms with Gasteiger partial charge >= 0.3 is 0 Å². The Morgan fingerprint density at radius 2 is 1.26 bits per heavy atom. The second-order valence-corrected chi connectivity index (χ2v) is 21.0. The van der Waals surface area contributed by atoms with E-state index in [4.69, 9.17) is 28.4 Å². The van der Waals surface area contributed by atoms with Crippen LogP contribution in [0.25, 0.3) is 0 Å². The van der Waals surface area contributed by atoms with Crippen LogP contribution in [0.15, 0.2) is 36.4 Å². The van der Waals surface area contributed by atoms with Crippen molar-refractivity contribution in [3.63, 3.8) is 0 Å². The molecule has 0 radical (unpaired) electrons. The van der Waals surface area contributed by atoms with Gasteiger partial charge in [-0.2, -0.15) is 0 Å². The van der Waals surface area contributed by atoms with Gasteiger partial charge in [0.2, 0.25) is 0 Å². The van der Waals surface area contributed by atoms with Crippen LogP contribution in [-0.2, 0) is 42.7 Å². The van der Waals surface area contributed by atoms with Gasteiger partial charge in [-0.1, -0.05) is 38.1 Å². The van der Waals surface area contributed by atoms with Crippen LogP contribution in [0.2, 0.25) is 0 Å². The van der Waals surface area contributed by atoms with Crippen molar-refractivity contribution in [2.75, 3.05) is 55.6 Å². The Labute approximate surface area is 368 Å². The van der Waals surface area contributed by atoms with E-state index in [1.54, 1.807) is 21.3 Å². The molecule has 334 valence electrons. The number of rotatable bonds is 10. The third kappa shape index (κ3) is 4.61. The first kappa shape index (κ1) is 41.3. The fourth-order valence-electron chi connectivity index (χ4n) is 17.1. The Balaban J connectivity index is 0.000000139. The first-order chi connectivity index (χ1) is 30.0. The Morgan fingerprint density at radius 1 is 0.677 bits per heavy atom. The first-order valence-corrected chi connectivity index (χ1v) is 24.0. The zero-order chi connectivity index (χ0) is 43.2. The molecule has 10 nitrogen and oxygen atoms in total. The minimum atomic E-state index is -0.722. The molecule has 14 rings (SSSR count). The van der Waals surface area contributed by atoms with Crippen LogP contribution in [0.4, 0.5) is 0 Å². The third-order valence-corrected chi connectivity index (χ3v) is 19.4. The van der Waals surface area contributed by atoms with Gasteiger partial charge in [0.15, 0.2) is 23.0 Å². The molecule has 2 saturated heterocycles. The highest BCUT2D eigenvalue weighted by Crippen LogP contribution is 2.77. The van der Waals surface area contributed by atoms with Crippen LogP contribution in [0.1, 0.15) is 113 Å². The van der Waals surface area contributed by atoms with E-state index in [1.165, 1.54) is 22.3 Å². The predicted octanol–water partition coefficient (Wildman–Crippen LogP) is 7.57. The maximum Gasteiger partial charge on any atom is 0.166 e. The van der Waals surface area contributed by atoms with Crippen LogP contribution in [0, 0.1) is 22.7 Å². The lowest BCUT2D eigenvalue weighted by Crippen LogP contribution is -2.79. The van der Waals surface area contributed by atoms with E-state index in [0.717, 1.165) is 113 Å². The highest BCUT2D eigenvalue weighted by atomic mass is 16.6. The molecule has 2 aromatic carbocycles. The number of aryl methyl sites for hydroxylation is 2. The Kier molecular flexibility index (Phi) is 9.34. The number of carbonyl (C=O) groups is 2. The maximum absolute atomic E-state index is 13.5. The molecular weight excluding hydrogens is 781 g/mol. The van der Waals surface area contributed by atoms with Gasteiger partial charge in [-0.05, 0) is 127 Å². The number of ether oxygens (including phenoxy) is 6. The quantitative estimate of drug-likeness (QED) is 0.223. The normalized spacial score (nSPS) is 41.7. The van der Waals surface area contributed by atoms with Crippen molar-refractivity contribution in [3.8, 4) is 23.0 Å². The van der Waals surface area contributed by atoms with Crippen LogP contribution in [-0.4, -0.2) is 112 Å². The van der Waals surface area contributed by atoms with E-state index in [2.05, 4.69) is 74.2 Å². The van der Waals surface area contributed by atoms with Crippen molar-refractivity contribution >= 4 is 11.6 Å². The molecule has 0 aromatic heterocycles. The van der Waals surface area contributed by atoms with Gasteiger partial charge in [-0.25, -0.2) is 0 Å². The Morgan fingerprint density at radius 3 is 1.87 bits per heavy atom. The largest absolute Gasteiger partial charge is 0.493 e. The SMILES string of the molecule is CCCC(=O)[C@H]1C[C@@]23C=C[C@]1(OC)[C@@H]1Oc4c(OC)ccc5c4[C@@]12CCN(C)[C@@H]3CC5.CCCC(=O)[C@H]1C[C@@]23CC[C@]1(OC)[C@@H]1Oc4c(OC)ccc5c4[C@@]12CCN(C)[C@@H]3CC5. The summed E-state index contributed by atoms with van der Waals surface area (Å²) < 4.78 is 38.2. The summed E-state index contributed by atoms with van der Waals surface area (Å²) in [4.78, 5) is 32.1. The standard InChI is InChI=1S/C26H35NO4.C26H33NO4/c2*1-5-6-18(28)17-15-24-11-12-26(17,30-4)23-25(24)13-14-27(2)20(24)10-8-16-7-9-19(29-3)22(31-23)21(16)25/h7,9,17,20,23H,5-6,8,10-15H2,1-4H3;7,9,11-12,17,20,23H,5-6,8,10,13-15H2,1-4H3/t2*17-,20-,23-,24-,25+,26-/m11/s1. The summed E-state index contributed by atoms with van der Waals surface area (Å²) in [7, 11) is 11.6. The van der Waals surface area contributed by atoms with Gasteiger partial charge in [0, 0.05) is 66.5 Å². The number of piperidine rings is 2. The zero-order valence-electron chi connectivity index (χ0n) is 38.4. The van der Waals surface area contributed by atoms with Gasteiger partial charge in [-0.3, -0.25) is 9.59 Å². The summed E-state index contributed by atoms with van der Waals surface area (Å²) >= 11 is 0. The number of methoxy groups -OCH3 is 4. The molecular formula is C52H68N2O8. The van der Waals surface area contributed by atoms with E-state index in [0.29, 0.717) is 36.5 Å². The minimum absolute atomic E-state index is 0.0574. The maximum atomic E-state index is 13.5. The number of benzene rings is 2. The Hall–Kier alpha value is -3.44. The highest BCUT2D eigenvalue weighted by molar-refractivity contribution is 5.85. The molecule has 6 fully saturated rings. The van der Waals surface area contributed by atoms with Crippen LogP contribution < -0.4 is 18.9 Å². The molecule has 0 unspecified atom stereocenters. The number of likely N-dealkylation sites (tertiary alicyclic amines) is 2. The summed E-state index contributed by atoms with van der Waals surface area (Å²) in [5.74, 6) is 3.90. The Bertz CT molecular complexity index is 2230. The van der Waals surface area contributed by atoms with Crippen LogP contribution in [0.5, 0.6) is 23.0 Å². The number of carbonyl (C=O) groups excluding carboxylic acids is 2. The lowest BCUT2D eigenvalue weighted by atomic mass is 9.36. The molecule has 62 heavy (non-hydrogen) atoms. The molecule has 4 heterocycles. The second-order valence-electron chi connectivity index (χ2n) is 21.0. The minimum Gasteiger partial charge on any atom is -0.493 e. The molecule has 12 aliphatic rings. The lowest BCUT2D eigenvalue weighted by Gasteiger charge is -2.71. The van der Waals surface area contributed by atoms with E-state index < -0.39 is 11.2 Å². The molecule has 8 bridgehead atoms. The summed E-state index contributed by atoms with van der Waals surface area (Å²) in [6.07, 6.45) is 17.6. The molecule has 0 N–H and O–H groups in total. The fraction of sp³-hybridized carbons (Fsp3) is 0.692. The summed E-state index contributed by atoms with van der Waals surface area (Å²) in [6, 6.07) is 9.52. The molecule has 4 saturated carbocycles. The molecule has 0 amide bonds. The average molecular weight is 849 g/mol. The molecule has 10 heteroatoms. The number of ketones is 2. The van der Waals surface area contributed by atoms with Crippen molar-refractivity contribution in [1.29, 1.82) is 0 Å². The molecule has 4 aliphatic heterocycles. The smallest absolute Gasteiger partial charge is 0.166 e. The topological polar surface area (TPSA) is 96.0 Å². The number of nitrogens with zero attached hydrogens (tertiary/aromatic N) is 2. The monoisotopic (exact) mass is 848 g/mol. The fourth-order valence-corrected chi connectivity index (χ4v) is 17.1. The summed E-state index contributed by atoms with van der Waals surface area (Å²) in [6.45, 7) is 6.28. The van der Waals surface area contributed by atoms with E-state index in [9.17, 15) is 9.59 Å². The van der Waals surface area contributed by atoms with Gasteiger partial charge < -0.3 is 38.2 Å². The number of Topliss-reactive ketones (excluding diaryl/α,β-unsaturated/α-hetero) is 2. The van der Waals surface area contributed by atoms with Crippen molar-refractivity contribution < 1.29 is 38.0 Å². The van der Waals surface area contributed by atoms with E-state index in [1.807, 2.05) is 7.11 Å². The van der Waals surface area contributed by atoms with Gasteiger partial charge in [0.1, 0.15) is 35.0 Å². The van der Waals surface area contributed by atoms with E-state index in [-0.39, 0.29) is 45.7 Å². The third-order valence-electron chi connectivity index (χ3n) is 19.4. The highest BCUT2D eigenvalue weighted by Gasteiger charge is 2.81. The van der Waals surface area contributed by atoms with Crippen molar-refractivity contribution in [2.24, 2.45) is 22.7 Å². The van der Waals surface area contributed by atoms with Crippen molar-refractivity contribution in [2.45, 2.75) is 150 Å². The van der Waals surface area contributed by atoms with Crippen LogP contribution >= 0.6 is 0 Å². The molecule has 2 aromatic rings. The molecule has 8 aliphatic carbocycles. The lowest BCUT2D eigenvalue weighted by molar-refractivity contribution is -0.267. The molecule has 12 atom stereocenters. The van der Waals surface area contributed by atoms with Crippen LogP contribution in [0.3, 0.4) is 0 Å². The zero-order valence-corrected chi connectivity index (χ0v) is 38.4. The number of hydrogen-bond donors (Lipinski definition) is 0. The number of hydrogen-bond acceptors (Lipinski definition) is 10. The van der Waals surface area contributed by atoms with Gasteiger partial charge in [-0.15, -0.1) is 0 Å². The van der Waals surface area contributed by atoms with E-state index >= 15 is 0 Å². The molecule has 4 spiro atoms. The van der Waals surface area contributed by atoms with Gasteiger partial charge in [0.25, 0.3) is 0 Å². The summed E-state index contributed by atoms with van der Waals surface area (Å²) in [5.41, 5.74) is 3.97. The predicted molar refractivity (Wildman–Crippen MR) is 236 cm³/mol. The first-order valence-electron chi connectivity index (χ1n) is 24.0. The van der Waals surface area contributed by atoms with Crippen molar-refractivity contribution in [3.05, 3.63) is 58.7 Å². The average Bonchev–Trinajstić information content (AvgIpc) is 3.81. The second kappa shape index (κ2) is 14.0. The number of fused-ring (bicyclic) bond motifs is 3. The summed E-state index contributed by atoms with van der Waals surface area (Å²) in [5, 5.41) is 0. The van der Waals surface area contributed by atoms with Crippen molar-refractivity contribution in [1.82, 2.24) is 9.80 Å². The van der Waals surface area contributed by atoms with Gasteiger partial charge in [0.05, 0.1) is 31.5 Å².